The average molecular weight is 264 g/mol. The van der Waals surface area contributed by atoms with Crippen molar-refractivity contribution in [1.82, 2.24) is 15.2 Å². The van der Waals surface area contributed by atoms with Crippen LogP contribution in [0.2, 0.25) is 5.02 Å². The van der Waals surface area contributed by atoms with Gasteiger partial charge in [0.2, 0.25) is 5.95 Å². The normalized spacial score (nSPS) is 10.4. The zero-order valence-corrected chi connectivity index (χ0v) is 10.9. The van der Waals surface area contributed by atoms with Crippen LogP contribution in [-0.4, -0.2) is 21.2 Å². The van der Waals surface area contributed by atoms with E-state index >= 15 is 0 Å². The van der Waals surface area contributed by atoms with Gasteiger partial charge < -0.3 is 10.6 Å². The third kappa shape index (κ3) is 3.56. The number of hydrogen-bond donors (Lipinski definition) is 2. The lowest BCUT2D eigenvalue weighted by molar-refractivity contribution is 0.852. The van der Waals surface area contributed by atoms with Gasteiger partial charge in [-0.05, 0) is 38.1 Å². The van der Waals surface area contributed by atoms with Crippen molar-refractivity contribution >= 4 is 29.1 Å². The fourth-order valence-corrected chi connectivity index (χ4v) is 1.49. The Hall–Kier alpha value is -1.88. The smallest absolute Gasteiger partial charge is 0.244 e. The van der Waals surface area contributed by atoms with Crippen LogP contribution in [0.1, 0.15) is 13.8 Å². The van der Waals surface area contributed by atoms with Crippen molar-refractivity contribution < 1.29 is 0 Å². The van der Waals surface area contributed by atoms with E-state index in [2.05, 4.69) is 25.8 Å². The molecule has 0 aliphatic heterocycles. The van der Waals surface area contributed by atoms with Crippen molar-refractivity contribution in [2.75, 3.05) is 10.6 Å². The molecule has 0 bridgehead atoms. The minimum absolute atomic E-state index is 0.262. The minimum Gasteiger partial charge on any atom is -0.351 e. The number of nitrogens with zero attached hydrogens (tertiary/aromatic N) is 3. The summed E-state index contributed by atoms with van der Waals surface area (Å²) in [5.41, 5.74) is 0.899. The Morgan fingerprint density at radius 1 is 1.17 bits per heavy atom. The molecule has 6 heteroatoms. The van der Waals surface area contributed by atoms with Gasteiger partial charge in [-0.1, -0.05) is 11.6 Å². The number of rotatable bonds is 4. The van der Waals surface area contributed by atoms with E-state index in [1.54, 1.807) is 6.20 Å². The Labute approximate surface area is 111 Å². The van der Waals surface area contributed by atoms with E-state index in [0.717, 1.165) is 5.69 Å². The third-order valence-corrected chi connectivity index (χ3v) is 2.35. The van der Waals surface area contributed by atoms with Crippen LogP contribution < -0.4 is 10.6 Å². The maximum absolute atomic E-state index is 5.82. The first kappa shape index (κ1) is 12.6. The van der Waals surface area contributed by atoms with E-state index in [1.165, 1.54) is 0 Å². The van der Waals surface area contributed by atoms with Crippen LogP contribution in [-0.2, 0) is 0 Å². The zero-order chi connectivity index (χ0) is 13.0. The minimum atomic E-state index is 0.262. The summed E-state index contributed by atoms with van der Waals surface area (Å²) >= 11 is 5.82. The van der Waals surface area contributed by atoms with Gasteiger partial charge in [0.1, 0.15) is 0 Å². The molecule has 0 aliphatic carbocycles. The fourth-order valence-electron chi connectivity index (χ4n) is 1.36. The van der Waals surface area contributed by atoms with Crippen LogP contribution in [0.3, 0.4) is 0 Å². The summed E-state index contributed by atoms with van der Waals surface area (Å²) in [7, 11) is 0. The van der Waals surface area contributed by atoms with Gasteiger partial charge in [0.15, 0.2) is 5.82 Å². The molecule has 0 amide bonds. The van der Waals surface area contributed by atoms with Crippen molar-refractivity contribution in [2.24, 2.45) is 0 Å². The van der Waals surface area contributed by atoms with Crippen LogP contribution in [0.15, 0.2) is 30.5 Å². The van der Waals surface area contributed by atoms with Crippen molar-refractivity contribution in [3.8, 4) is 0 Å². The number of anilines is 3. The molecule has 2 N–H and O–H groups in total. The number of benzene rings is 1. The van der Waals surface area contributed by atoms with Crippen LogP contribution in [0.5, 0.6) is 0 Å². The molecule has 2 rings (SSSR count). The highest BCUT2D eigenvalue weighted by Crippen LogP contribution is 2.17. The molecule has 0 radical (unpaired) electrons. The van der Waals surface area contributed by atoms with E-state index < -0.39 is 0 Å². The summed E-state index contributed by atoms with van der Waals surface area (Å²) < 4.78 is 0. The van der Waals surface area contributed by atoms with Crippen molar-refractivity contribution in [3.63, 3.8) is 0 Å². The molecule has 1 aromatic heterocycles. The van der Waals surface area contributed by atoms with Gasteiger partial charge in [0.05, 0.1) is 6.20 Å². The van der Waals surface area contributed by atoms with E-state index in [1.807, 2.05) is 38.1 Å². The summed E-state index contributed by atoms with van der Waals surface area (Å²) in [6, 6.07) is 7.63. The predicted molar refractivity (Wildman–Crippen MR) is 73.3 cm³/mol. The zero-order valence-electron chi connectivity index (χ0n) is 10.2. The fraction of sp³-hybridized carbons (Fsp3) is 0.250. The molecule has 2 aromatic rings. The lowest BCUT2D eigenvalue weighted by Gasteiger charge is -2.09. The first-order valence-corrected chi connectivity index (χ1v) is 6.00. The van der Waals surface area contributed by atoms with Crippen LogP contribution in [0.25, 0.3) is 0 Å². The van der Waals surface area contributed by atoms with Crippen molar-refractivity contribution in [1.29, 1.82) is 0 Å². The molecular weight excluding hydrogens is 250 g/mol. The lowest BCUT2D eigenvalue weighted by Crippen LogP contribution is -2.13. The second-order valence-electron chi connectivity index (χ2n) is 4.10. The van der Waals surface area contributed by atoms with Crippen molar-refractivity contribution in [2.45, 2.75) is 19.9 Å². The van der Waals surface area contributed by atoms with Crippen LogP contribution in [0.4, 0.5) is 17.5 Å². The average Bonchev–Trinajstić information content (AvgIpc) is 2.32. The van der Waals surface area contributed by atoms with E-state index in [4.69, 9.17) is 11.6 Å². The molecule has 0 unspecified atom stereocenters. The maximum atomic E-state index is 5.82. The van der Waals surface area contributed by atoms with Crippen molar-refractivity contribution in [3.05, 3.63) is 35.5 Å². The Balaban J connectivity index is 2.11. The molecule has 5 nitrogen and oxygen atoms in total. The highest BCUT2D eigenvalue weighted by atomic mass is 35.5. The molecule has 1 aromatic carbocycles. The van der Waals surface area contributed by atoms with Gasteiger partial charge >= 0.3 is 0 Å². The molecule has 0 fully saturated rings. The van der Waals surface area contributed by atoms with Crippen LogP contribution >= 0.6 is 11.6 Å². The predicted octanol–water partition coefficient (Wildman–Crippen LogP) is 3.09. The summed E-state index contributed by atoms with van der Waals surface area (Å²) in [6.07, 6.45) is 1.57. The van der Waals surface area contributed by atoms with E-state index in [0.29, 0.717) is 16.8 Å². The molecule has 0 aliphatic rings. The van der Waals surface area contributed by atoms with Gasteiger partial charge in [-0.3, -0.25) is 0 Å². The highest BCUT2D eigenvalue weighted by Gasteiger charge is 2.02. The SMILES string of the molecule is CC(C)Nc1nncc(Nc2ccc(Cl)cc2)n1. The Bertz CT molecular complexity index is 512. The first-order chi connectivity index (χ1) is 8.63. The Kier molecular flexibility index (Phi) is 3.94. The summed E-state index contributed by atoms with van der Waals surface area (Å²) in [5, 5.41) is 14.7. The number of hydrogen-bond acceptors (Lipinski definition) is 5. The van der Waals surface area contributed by atoms with E-state index in [9.17, 15) is 0 Å². The second-order valence-corrected chi connectivity index (χ2v) is 4.53. The standard InChI is InChI=1S/C12H14ClN5/c1-8(2)15-12-17-11(7-14-18-12)16-10-5-3-9(13)4-6-10/h3-8H,1-2H3,(H2,15,16,17,18). The van der Waals surface area contributed by atoms with Gasteiger partial charge in [0.25, 0.3) is 0 Å². The Morgan fingerprint density at radius 3 is 2.56 bits per heavy atom. The quantitative estimate of drug-likeness (QED) is 0.888. The Morgan fingerprint density at radius 2 is 1.89 bits per heavy atom. The monoisotopic (exact) mass is 263 g/mol. The van der Waals surface area contributed by atoms with Gasteiger partial charge in [-0.2, -0.15) is 10.1 Å². The molecule has 94 valence electrons. The first-order valence-electron chi connectivity index (χ1n) is 5.62. The summed E-state index contributed by atoms with van der Waals surface area (Å²) in [5.74, 6) is 1.14. The third-order valence-electron chi connectivity index (χ3n) is 2.09. The number of halogens is 1. The molecule has 0 saturated carbocycles. The number of aromatic nitrogens is 3. The van der Waals surface area contributed by atoms with Crippen LogP contribution in [0, 0.1) is 0 Å². The summed E-state index contributed by atoms with van der Waals surface area (Å²) in [4.78, 5) is 4.30. The molecule has 0 spiro atoms. The van der Waals surface area contributed by atoms with Gasteiger partial charge in [0, 0.05) is 16.8 Å². The van der Waals surface area contributed by atoms with E-state index in [-0.39, 0.29) is 6.04 Å². The molecule has 18 heavy (non-hydrogen) atoms. The largest absolute Gasteiger partial charge is 0.351 e. The molecule has 0 saturated heterocycles. The number of nitrogens with one attached hydrogen (secondary N) is 2. The second kappa shape index (κ2) is 5.64. The molecular formula is C12H14ClN5. The highest BCUT2D eigenvalue weighted by molar-refractivity contribution is 6.30. The maximum Gasteiger partial charge on any atom is 0.244 e. The van der Waals surface area contributed by atoms with Gasteiger partial charge in [-0.15, -0.1) is 5.10 Å². The lowest BCUT2D eigenvalue weighted by atomic mass is 10.3. The van der Waals surface area contributed by atoms with Gasteiger partial charge in [-0.25, -0.2) is 0 Å². The molecule has 1 heterocycles. The summed E-state index contributed by atoms with van der Waals surface area (Å²) in [6.45, 7) is 4.03. The topological polar surface area (TPSA) is 62.7 Å². The molecule has 0 atom stereocenters.